The lowest BCUT2D eigenvalue weighted by atomic mass is 9.93. The Morgan fingerprint density at radius 3 is 3.11 bits per heavy atom. The van der Waals surface area contributed by atoms with Gasteiger partial charge in [0, 0.05) is 23.6 Å². The van der Waals surface area contributed by atoms with E-state index in [4.69, 9.17) is 5.73 Å². The first-order valence-corrected chi connectivity index (χ1v) is 6.25. The Morgan fingerprint density at radius 1 is 1.50 bits per heavy atom. The van der Waals surface area contributed by atoms with Gasteiger partial charge in [0.15, 0.2) is 5.82 Å². The van der Waals surface area contributed by atoms with Gasteiger partial charge in [-0.3, -0.25) is 4.98 Å². The zero-order valence-electron chi connectivity index (χ0n) is 10.4. The van der Waals surface area contributed by atoms with Gasteiger partial charge in [0.1, 0.15) is 0 Å². The van der Waals surface area contributed by atoms with Gasteiger partial charge in [-0.25, -0.2) is 4.39 Å². The van der Waals surface area contributed by atoms with Crippen LogP contribution < -0.4 is 5.73 Å². The average Bonchev–Trinajstić information content (AvgIpc) is 2.68. The molecule has 2 heterocycles. The average molecular weight is 245 g/mol. The van der Waals surface area contributed by atoms with Crippen molar-refractivity contribution in [2.75, 3.05) is 0 Å². The molecule has 0 radical (unpaired) electrons. The molecule has 0 bridgehead atoms. The summed E-state index contributed by atoms with van der Waals surface area (Å²) >= 11 is 0. The van der Waals surface area contributed by atoms with Gasteiger partial charge in [-0.2, -0.15) is 0 Å². The van der Waals surface area contributed by atoms with E-state index in [1.165, 1.54) is 6.20 Å². The fraction of sp³-hybridized carbons (Fsp3) is 0.357. The zero-order valence-corrected chi connectivity index (χ0v) is 10.4. The third-order valence-corrected chi connectivity index (χ3v) is 3.64. The van der Waals surface area contributed by atoms with Gasteiger partial charge in [0.05, 0.1) is 11.9 Å². The minimum Gasteiger partial charge on any atom is -0.324 e. The van der Waals surface area contributed by atoms with E-state index < -0.39 is 0 Å². The SMILES string of the molecule is Cc1cc2c(n1-c1ccncc1F)CCCC2N. The van der Waals surface area contributed by atoms with Crippen LogP contribution in [0.15, 0.2) is 24.5 Å². The number of nitrogens with zero attached hydrogens (tertiary/aromatic N) is 2. The van der Waals surface area contributed by atoms with Crippen molar-refractivity contribution < 1.29 is 4.39 Å². The summed E-state index contributed by atoms with van der Waals surface area (Å²) < 4.78 is 15.9. The molecule has 1 atom stereocenters. The van der Waals surface area contributed by atoms with Crippen LogP contribution in [0.3, 0.4) is 0 Å². The van der Waals surface area contributed by atoms with E-state index in [0.29, 0.717) is 5.69 Å². The Balaban J connectivity index is 2.22. The fourth-order valence-electron chi connectivity index (χ4n) is 2.82. The number of pyridine rings is 1. The van der Waals surface area contributed by atoms with Crippen LogP contribution in [0.4, 0.5) is 4.39 Å². The Bertz CT molecular complexity index is 589. The number of hydrogen-bond donors (Lipinski definition) is 1. The lowest BCUT2D eigenvalue weighted by Crippen LogP contribution is -2.18. The number of aryl methyl sites for hydroxylation is 1. The molecule has 3 nitrogen and oxygen atoms in total. The Kier molecular flexibility index (Phi) is 2.67. The van der Waals surface area contributed by atoms with Crippen molar-refractivity contribution in [2.45, 2.75) is 32.2 Å². The second-order valence-electron chi connectivity index (χ2n) is 4.85. The van der Waals surface area contributed by atoms with Gasteiger partial charge in [0.25, 0.3) is 0 Å². The van der Waals surface area contributed by atoms with Crippen LogP contribution in [0.25, 0.3) is 5.69 Å². The highest BCUT2D eigenvalue weighted by Gasteiger charge is 2.23. The molecule has 2 N–H and O–H groups in total. The fourth-order valence-corrected chi connectivity index (χ4v) is 2.82. The van der Waals surface area contributed by atoms with Gasteiger partial charge in [0.2, 0.25) is 0 Å². The van der Waals surface area contributed by atoms with E-state index in [2.05, 4.69) is 11.1 Å². The molecule has 1 aliphatic carbocycles. The lowest BCUT2D eigenvalue weighted by molar-refractivity contribution is 0.554. The molecule has 0 aliphatic heterocycles. The maximum Gasteiger partial charge on any atom is 0.165 e. The molecule has 4 heteroatoms. The molecule has 1 unspecified atom stereocenters. The van der Waals surface area contributed by atoms with Crippen molar-refractivity contribution in [1.29, 1.82) is 0 Å². The van der Waals surface area contributed by atoms with Crippen molar-refractivity contribution in [2.24, 2.45) is 5.73 Å². The molecule has 3 rings (SSSR count). The minimum absolute atomic E-state index is 0.0820. The number of rotatable bonds is 1. The van der Waals surface area contributed by atoms with E-state index >= 15 is 0 Å². The lowest BCUT2D eigenvalue weighted by Gasteiger charge is -2.21. The molecule has 2 aromatic rings. The first-order valence-electron chi connectivity index (χ1n) is 6.25. The molecule has 0 fully saturated rings. The van der Waals surface area contributed by atoms with Crippen molar-refractivity contribution in [1.82, 2.24) is 9.55 Å². The Labute approximate surface area is 105 Å². The third-order valence-electron chi connectivity index (χ3n) is 3.64. The highest BCUT2D eigenvalue weighted by molar-refractivity contribution is 5.43. The summed E-state index contributed by atoms with van der Waals surface area (Å²) in [6.07, 6.45) is 5.90. The Hall–Kier alpha value is -1.68. The highest BCUT2D eigenvalue weighted by Crippen LogP contribution is 2.33. The summed E-state index contributed by atoms with van der Waals surface area (Å²) in [7, 11) is 0. The van der Waals surface area contributed by atoms with E-state index in [-0.39, 0.29) is 11.9 Å². The number of aromatic nitrogens is 2. The van der Waals surface area contributed by atoms with Gasteiger partial charge >= 0.3 is 0 Å². The van der Waals surface area contributed by atoms with Crippen LogP contribution in [-0.2, 0) is 6.42 Å². The molecular formula is C14H16FN3. The molecule has 0 aromatic carbocycles. The first-order chi connectivity index (χ1) is 8.68. The predicted molar refractivity (Wildman–Crippen MR) is 68.1 cm³/mol. The Morgan fingerprint density at radius 2 is 2.33 bits per heavy atom. The predicted octanol–water partition coefficient (Wildman–Crippen LogP) is 2.66. The quantitative estimate of drug-likeness (QED) is 0.839. The normalized spacial score (nSPS) is 18.7. The molecule has 0 saturated heterocycles. The smallest absolute Gasteiger partial charge is 0.165 e. The molecular weight excluding hydrogens is 229 g/mol. The van der Waals surface area contributed by atoms with Crippen LogP contribution in [0.1, 0.15) is 35.8 Å². The summed E-state index contributed by atoms with van der Waals surface area (Å²) in [5.41, 5.74) is 10.0. The number of nitrogens with two attached hydrogens (primary N) is 1. The van der Waals surface area contributed by atoms with Crippen LogP contribution in [-0.4, -0.2) is 9.55 Å². The third kappa shape index (κ3) is 1.64. The van der Waals surface area contributed by atoms with Crippen molar-refractivity contribution >= 4 is 0 Å². The van der Waals surface area contributed by atoms with E-state index in [1.54, 1.807) is 12.3 Å². The summed E-state index contributed by atoms with van der Waals surface area (Å²) in [6.45, 7) is 1.99. The minimum atomic E-state index is -0.293. The maximum absolute atomic E-state index is 13.9. The van der Waals surface area contributed by atoms with Gasteiger partial charge in [-0.15, -0.1) is 0 Å². The summed E-state index contributed by atoms with van der Waals surface area (Å²) in [6, 6.07) is 3.88. The zero-order chi connectivity index (χ0) is 12.7. The van der Waals surface area contributed by atoms with Crippen LogP contribution in [0.2, 0.25) is 0 Å². The number of fused-ring (bicyclic) bond motifs is 1. The molecule has 0 spiro atoms. The second kappa shape index (κ2) is 4.21. The first kappa shape index (κ1) is 11.4. The largest absolute Gasteiger partial charge is 0.324 e. The van der Waals surface area contributed by atoms with E-state index in [9.17, 15) is 4.39 Å². The monoisotopic (exact) mass is 245 g/mol. The van der Waals surface area contributed by atoms with Gasteiger partial charge in [-0.05, 0) is 43.9 Å². The molecule has 0 saturated carbocycles. The summed E-state index contributed by atoms with van der Waals surface area (Å²) in [5, 5.41) is 0. The molecule has 0 amide bonds. The summed E-state index contributed by atoms with van der Waals surface area (Å²) in [5.74, 6) is -0.293. The molecule has 1 aliphatic rings. The topological polar surface area (TPSA) is 43.8 Å². The van der Waals surface area contributed by atoms with Crippen LogP contribution in [0, 0.1) is 12.7 Å². The standard InChI is InChI=1S/C14H16FN3/c1-9-7-10-12(16)3-2-4-13(10)18(9)14-5-6-17-8-11(14)15/h5-8,12H,2-4,16H2,1H3. The molecule has 94 valence electrons. The number of hydrogen-bond acceptors (Lipinski definition) is 2. The van der Waals surface area contributed by atoms with E-state index in [0.717, 1.165) is 36.2 Å². The second-order valence-corrected chi connectivity index (χ2v) is 4.85. The highest BCUT2D eigenvalue weighted by atomic mass is 19.1. The van der Waals surface area contributed by atoms with Crippen molar-refractivity contribution in [3.63, 3.8) is 0 Å². The summed E-state index contributed by atoms with van der Waals surface area (Å²) in [4.78, 5) is 3.80. The molecule has 18 heavy (non-hydrogen) atoms. The van der Waals surface area contributed by atoms with Gasteiger partial charge in [-0.1, -0.05) is 0 Å². The van der Waals surface area contributed by atoms with Crippen LogP contribution in [0.5, 0.6) is 0 Å². The van der Waals surface area contributed by atoms with Crippen molar-refractivity contribution in [3.05, 3.63) is 47.3 Å². The van der Waals surface area contributed by atoms with Gasteiger partial charge < -0.3 is 10.3 Å². The van der Waals surface area contributed by atoms with Crippen LogP contribution >= 0.6 is 0 Å². The maximum atomic E-state index is 13.9. The number of halogens is 1. The molecule has 2 aromatic heterocycles. The van der Waals surface area contributed by atoms with E-state index in [1.807, 2.05) is 11.5 Å². The van der Waals surface area contributed by atoms with Crippen molar-refractivity contribution in [3.8, 4) is 5.69 Å².